The molecule has 0 saturated carbocycles. The summed E-state index contributed by atoms with van der Waals surface area (Å²) < 4.78 is 5.95. The summed E-state index contributed by atoms with van der Waals surface area (Å²) in [7, 11) is 0. The fourth-order valence-electron chi connectivity index (χ4n) is 3.55. The quantitative estimate of drug-likeness (QED) is 0.634. The number of nitrogens with one attached hydrogen (secondary N) is 1. The number of ether oxygens (including phenoxy) is 1. The van der Waals surface area contributed by atoms with Crippen molar-refractivity contribution in [2.45, 2.75) is 32.4 Å². The molecule has 6 nitrogen and oxygen atoms in total. The van der Waals surface area contributed by atoms with E-state index >= 15 is 0 Å². The van der Waals surface area contributed by atoms with Gasteiger partial charge in [-0.05, 0) is 31.0 Å². The summed E-state index contributed by atoms with van der Waals surface area (Å²) in [6.07, 6.45) is 1.78. The molecule has 2 amide bonds. The Hall–Kier alpha value is -3.67. The molecule has 4 rings (SSSR count). The average molecular weight is 415 g/mol. The van der Waals surface area contributed by atoms with Crippen LogP contribution in [0.3, 0.4) is 0 Å². The summed E-state index contributed by atoms with van der Waals surface area (Å²) >= 11 is 0. The van der Waals surface area contributed by atoms with E-state index in [4.69, 9.17) is 4.74 Å². The summed E-state index contributed by atoms with van der Waals surface area (Å²) in [6, 6.07) is 21.1. The van der Waals surface area contributed by atoms with Crippen molar-refractivity contribution in [3.8, 4) is 5.75 Å². The Morgan fingerprint density at radius 2 is 1.84 bits per heavy atom. The number of aromatic nitrogens is 1. The van der Waals surface area contributed by atoms with Crippen molar-refractivity contribution in [3.05, 3.63) is 89.6 Å². The number of aryl methyl sites for hydroxylation is 1. The van der Waals surface area contributed by atoms with Gasteiger partial charge in [0.15, 0.2) is 11.6 Å². The van der Waals surface area contributed by atoms with Crippen LogP contribution in [0.1, 0.15) is 35.6 Å². The van der Waals surface area contributed by atoms with Gasteiger partial charge in [-0.3, -0.25) is 14.5 Å². The zero-order chi connectivity index (χ0) is 21.6. The zero-order valence-electron chi connectivity index (χ0n) is 17.5. The maximum absolute atomic E-state index is 13.2. The minimum Gasteiger partial charge on any atom is -0.472 e. The van der Waals surface area contributed by atoms with Crippen LogP contribution in [-0.2, 0) is 16.1 Å². The SMILES string of the molecule is Cc1ccc(CNC(=O)CCCN2C(=O)C(c3ccccc3)Oc3cccnc32)cc1. The molecule has 2 aromatic carbocycles. The minimum atomic E-state index is -0.715. The van der Waals surface area contributed by atoms with Crippen molar-refractivity contribution < 1.29 is 14.3 Å². The largest absolute Gasteiger partial charge is 0.472 e. The molecular formula is C25H25N3O3. The second-order valence-corrected chi connectivity index (χ2v) is 7.59. The molecule has 2 heterocycles. The summed E-state index contributed by atoms with van der Waals surface area (Å²) in [5.74, 6) is 0.860. The third-order valence-corrected chi connectivity index (χ3v) is 5.24. The van der Waals surface area contributed by atoms with Crippen LogP contribution in [-0.4, -0.2) is 23.3 Å². The van der Waals surface area contributed by atoms with Crippen molar-refractivity contribution >= 4 is 17.6 Å². The topological polar surface area (TPSA) is 71.5 Å². The van der Waals surface area contributed by atoms with Crippen molar-refractivity contribution in [2.75, 3.05) is 11.4 Å². The number of carbonyl (C=O) groups excluding carboxylic acids is 2. The van der Waals surface area contributed by atoms with Gasteiger partial charge in [0, 0.05) is 31.3 Å². The standard InChI is InChI=1S/C25H25N3O3/c1-18-11-13-19(14-12-18)17-27-22(29)10-6-16-28-24-21(9-5-15-26-24)31-23(25(28)30)20-7-3-2-4-8-20/h2-5,7-9,11-15,23H,6,10,16-17H2,1H3,(H,27,29). The van der Waals surface area contributed by atoms with Gasteiger partial charge in [0.1, 0.15) is 0 Å². The lowest BCUT2D eigenvalue weighted by Gasteiger charge is -2.33. The lowest BCUT2D eigenvalue weighted by molar-refractivity contribution is -0.127. The molecule has 1 unspecified atom stereocenters. The number of benzene rings is 2. The summed E-state index contributed by atoms with van der Waals surface area (Å²) in [4.78, 5) is 31.4. The highest BCUT2D eigenvalue weighted by atomic mass is 16.5. The molecule has 0 fully saturated rings. The van der Waals surface area contributed by atoms with Gasteiger partial charge < -0.3 is 10.1 Å². The van der Waals surface area contributed by atoms with E-state index in [-0.39, 0.29) is 11.8 Å². The van der Waals surface area contributed by atoms with Crippen molar-refractivity contribution in [3.63, 3.8) is 0 Å². The van der Waals surface area contributed by atoms with E-state index in [1.165, 1.54) is 5.56 Å². The molecule has 0 aliphatic carbocycles. The number of carbonyl (C=O) groups is 2. The van der Waals surface area contributed by atoms with Gasteiger partial charge in [0.2, 0.25) is 12.0 Å². The van der Waals surface area contributed by atoms with Gasteiger partial charge >= 0.3 is 0 Å². The number of pyridine rings is 1. The molecule has 1 atom stereocenters. The first kappa shape index (κ1) is 20.6. The maximum atomic E-state index is 13.2. The fourth-order valence-corrected chi connectivity index (χ4v) is 3.55. The molecule has 0 saturated heterocycles. The van der Waals surface area contributed by atoms with E-state index in [0.29, 0.717) is 37.5 Å². The number of anilines is 1. The highest BCUT2D eigenvalue weighted by Gasteiger charge is 2.36. The molecule has 1 N–H and O–H groups in total. The molecular weight excluding hydrogens is 390 g/mol. The third kappa shape index (κ3) is 4.91. The van der Waals surface area contributed by atoms with Crippen LogP contribution in [0.2, 0.25) is 0 Å². The normalized spacial score (nSPS) is 15.2. The Kier molecular flexibility index (Phi) is 6.26. The molecule has 0 spiro atoms. The van der Waals surface area contributed by atoms with E-state index < -0.39 is 6.10 Å². The summed E-state index contributed by atoms with van der Waals surface area (Å²) in [6.45, 7) is 2.92. The predicted octanol–water partition coefficient (Wildman–Crippen LogP) is 3.95. The van der Waals surface area contributed by atoms with E-state index in [1.54, 1.807) is 17.2 Å². The highest BCUT2D eigenvalue weighted by molar-refractivity contribution is 5.99. The number of hydrogen-bond donors (Lipinski definition) is 1. The van der Waals surface area contributed by atoms with Crippen LogP contribution in [0.25, 0.3) is 0 Å². The second-order valence-electron chi connectivity index (χ2n) is 7.59. The fraction of sp³-hybridized carbons (Fsp3) is 0.240. The first-order valence-corrected chi connectivity index (χ1v) is 10.4. The molecule has 0 bridgehead atoms. The van der Waals surface area contributed by atoms with Crippen LogP contribution in [0, 0.1) is 6.92 Å². The van der Waals surface area contributed by atoms with Crippen LogP contribution in [0.4, 0.5) is 5.82 Å². The number of hydrogen-bond acceptors (Lipinski definition) is 4. The summed E-state index contributed by atoms with van der Waals surface area (Å²) in [5.41, 5.74) is 3.04. The van der Waals surface area contributed by atoms with Gasteiger partial charge in [0.25, 0.3) is 5.91 Å². The molecule has 1 aliphatic rings. The van der Waals surface area contributed by atoms with Gasteiger partial charge in [-0.2, -0.15) is 0 Å². The third-order valence-electron chi connectivity index (χ3n) is 5.24. The summed E-state index contributed by atoms with van der Waals surface area (Å²) in [5, 5.41) is 2.94. The number of nitrogens with zero attached hydrogens (tertiary/aromatic N) is 2. The second kappa shape index (κ2) is 9.43. The van der Waals surface area contributed by atoms with Crippen molar-refractivity contribution in [2.24, 2.45) is 0 Å². The Labute approximate surface area is 181 Å². The van der Waals surface area contributed by atoms with Crippen LogP contribution < -0.4 is 15.0 Å². The van der Waals surface area contributed by atoms with Crippen molar-refractivity contribution in [1.29, 1.82) is 0 Å². The Bertz CT molecular complexity index is 1050. The first-order valence-electron chi connectivity index (χ1n) is 10.4. The molecule has 0 radical (unpaired) electrons. The zero-order valence-corrected chi connectivity index (χ0v) is 17.5. The first-order chi connectivity index (χ1) is 15.1. The van der Waals surface area contributed by atoms with E-state index in [2.05, 4.69) is 10.3 Å². The van der Waals surface area contributed by atoms with E-state index in [1.807, 2.05) is 67.6 Å². The Morgan fingerprint density at radius 3 is 2.61 bits per heavy atom. The minimum absolute atomic E-state index is 0.0397. The Balaban J connectivity index is 1.38. The highest BCUT2D eigenvalue weighted by Crippen LogP contribution is 2.37. The van der Waals surface area contributed by atoms with Crippen LogP contribution in [0.5, 0.6) is 5.75 Å². The van der Waals surface area contributed by atoms with Gasteiger partial charge in [-0.1, -0.05) is 60.2 Å². The maximum Gasteiger partial charge on any atom is 0.274 e. The molecule has 1 aromatic heterocycles. The van der Waals surface area contributed by atoms with Crippen LogP contribution >= 0.6 is 0 Å². The lowest BCUT2D eigenvalue weighted by atomic mass is 10.1. The van der Waals surface area contributed by atoms with Gasteiger partial charge in [-0.25, -0.2) is 4.98 Å². The number of amides is 2. The van der Waals surface area contributed by atoms with E-state index in [9.17, 15) is 9.59 Å². The van der Waals surface area contributed by atoms with E-state index in [0.717, 1.165) is 11.1 Å². The number of fused-ring (bicyclic) bond motifs is 1. The van der Waals surface area contributed by atoms with Crippen molar-refractivity contribution in [1.82, 2.24) is 10.3 Å². The molecule has 3 aromatic rings. The van der Waals surface area contributed by atoms with Gasteiger partial charge in [0.05, 0.1) is 0 Å². The lowest BCUT2D eigenvalue weighted by Crippen LogP contribution is -2.42. The van der Waals surface area contributed by atoms with Gasteiger partial charge in [-0.15, -0.1) is 0 Å². The molecule has 31 heavy (non-hydrogen) atoms. The van der Waals surface area contributed by atoms with Crippen LogP contribution in [0.15, 0.2) is 72.9 Å². The smallest absolute Gasteiger partial charge is 0.274 e. The predicted molar refractivity (Wildman–Crippen MR) is 119 cm³/mol. The number of rotatable bonds is 7. The molecule has 6 heteroatoms. The molecule has 1 aliphatic heterocycles. The monoisotopic (exact) mass is 415 g/mol. The average Bonchev–Trinajstić information content (AvgIpc) is 2.80. The Morgan fingerprint density at radius 1 is 1.06 bits per heavy atom. The molecule has 158 valence electrons.